The molecule has 5 nitrogen and oxygen atoms in total. The molecule has 1 aromatic carbocycles. The smallest absolute Gasteiger partial charge is 0.326 e. The molecule has 144 valence electrons. The third-order valence-electron chi connectivity index (χ3n) is 6.45. The van der Waals surface area contributed by atoms with Crippen LogP contribution in [0.5, 0.6) is 0 Å². The van der Waals surface area contributed by atoms with E-state index < -0.39 is 0 Å². The molecule has 2 atom stereocenters. The van der Waals surface area contributed by atoms with Crippen molar-refractivity contribution in [2.45, 2.75) is 46.6 Å². The minimum absolute atomic E-state index is 0.0482. The van der Waals surface area contributed by atoms with Crippen molar-refractivity contribution >= 4 is 16.9 Å². The molecule has 0 radical (unpaired) electrons. The van der Waals surface area contributed by atoms with Gasteiger partial charge in [-0.05, 0) is 50.2 Å². The molecule has 1 saturated heterocycles. The number of para-hydroxylation sites is 2. The van der Waals surface area contributed by atoms with Gasteiger partial charge < -0.3 is 9.88 Å². The van der Waals surface area contributed by atoms with E-state index in [1.165, 1.54) is 5.57 Å². The van der Waals surface area contributed by atoms with Crippen molar-refractivity contribution in [3.05, 3.63) is 46.4 Å². The number of imidazole rings is 1. The van der Waals surface area contributed by atoms with Gasteiger partial charge >= 0.3 is 5.69 Å². The maximum absolute atomic E-state index is 13.1. The van der Waals surface area contributed by atoms with E-state index >= 15 is 0 Å². The maximum Gasteiger partial charge on any atom is 0.326 e. The van der Waals surface area contributed by atoms with Crippen molar-refractivity contribution in [1.29, 1.82) is 0 Å². The molecule has 2 heterocycles. The number of carbonyl (C=O) groups is 1. The van der Waals surface area contributed by atoms with Gasteiger partial charge in [0.15, 0.2) is 0 Å². The highest BCUT2D eigenvalue weighted by atomic mass is 16.2. The number of H-pyrrole nitrogens is 1. The van der Waals surface area contributed by atoms with Crippen LogP contribution in [-0.2, 0) is 4.79 Å². The minimum atomic E-state index is -0.0482. The zero-order valence-electron chi connectivity index (χ0n) is 16.7. The summed E-state index contributed by atoms with van der Waals surface area (Å²) in [5, 5.41) is 0. The van der Waals surface area contributed by atoms with Crippen LogP contribution in [0.25, 0.3) is 11.0 Å². The Labute approximate surface area is 160 Å². The summed E-state index contributed by atoms with van der Waals surface area (Å²) in [6.07, 6.45) is 3.91. The Hall–Kier alpha value is -2.30. The zero-order chi connectivity index (χ0) is 19.3. The van der Waals surface area contributed by atoms with Gasteiger partial charge in [-0.15, -0.1) is 0 Å². The molecule has 1 saturated carbocycles. The van der Waals surface area contributed by atoms with E-state index in [0.717, 1.165) is 37.0 Å². The van der Waals surface area contributed by atoms with Crippen LogP contribution in [0.2, 0.25) is 0 Å². The molecule has 1 aromatic heterocycles. The van der Waals surface area contributed by atoms with E-state index in [-0.39, 0.29) is 29.0 Å². The summed E-state index contributed by atoms with van der Waals surface area (Å²) in [6.45, 7) is 10.0. The summed E-state index contributed by atoms with van der Waals surface area (Å²) in [4.78, 5) is 30.4. The largest absolute Gasteiger partial charge is 0.342 e. The molecule has 1 aliphatic heterocycles. The lowest BCUT2D eigenvalue weighted by Gasteiger charge is -2.33. The van der Waals surface area contributed by atoms with E-state index in [9.17, 15) is 9.59 Å². The number of rotatable bonds is 3. The van der Waals surface area contributed by atoms with Gasteiger partial charge in [0.2, 0.25) is 5.91 Å². The molecular formula is C22H29N3O2. The quantitative estimate of drug-likeness (QED) is 0.841. The van der Waals surface area contributed by atoms with Crippen LogP contribution in [-0.4, -0.2) is 33.4 Å². The summed E-state index contributed by atoms with van der Waals surface area (Å²) in [5.74, 6) is 0.732. The Bertz CT molecular complexity index is 953. The molecular weight excluding hydrogens is 338 g/mol. The maximum atomic E-state index is 13.1. The number of hydrogen-bond acceptors (Lipinski definition) is 2. The van der Waals surface area contributed by atoms with Crippen molar-refractivity contribution < 1.29 is 4.79 Å². The molecule has 0 unspecified atom stereocenters. The fourth-order valence-corrected chi connectivity index (χ4v) is 4.80. The van der Waals surface area contributed by atoms with Crippen molar-refractivity contribution in [2.24, 2.45) is 17.3 Å². The Morgan fingerprint density at radius 3 is 2.52 bits per heavy atom. The van der Waals surface area contributed by atoms with Crippen LogP contribution >= 0.6 is 0 Å². The van der Waals surface area contributed by atoms with E-state index in [4.69, 9.17) is 0 Å². The van der Waals surface area contributed by atoms with E-state index in [1.54, 1.807) is 0 Å². The van der Waals surface area contributed by atoms with E-state index in [2.05, 4.69) is 38.8 Å². The van der Waals surface area contributed by atoms with Gasteiger partial charge in [-0.25, -0.2) is 4.79 Å². The summed E-state index contributed by atoms with van der Waals surface area (Å²) >= 11 is 0. The normalized spacial score (nSPS) is 24.8. The number of fused-ring (bicyclic) bond motifs is 1. The number of nitrogens with one attached hydrogen (secondary N) is 1. The van der Waals surface area contributed by atoms with Crippen LogP contribution in [0.3, 0.4) is 0 Å². The van der Waals surface area contributed by atoms with Crippen LogP contribution < -0.4 is 5.69 Å². The van der Waals surface area contributed by atoms with Crippen LogP contribution in [0.1, 0.15) is 46.6 Å². The highest BCUT2D eigenvalue weighted by Crippen LogP contribution is 2.60. The van der Waals surface area contributed by atoms with E-state index in [0.29, 0.717) is 5.92 Å². The summed E-state index contributed by atoms with van der Waals surface area (Å²) in [5.41, 5.74) is 3.12. The van der Waals surface area contributed by atoms with Gasteiger partial charge in [-0.1, -0.05) is 37.6 Å². The number of aromatic amines is 1. The van der Waals surface area contributed by atoms with Gasteiger partial charge in [0.05, 0.1) is 17.0 Å². The fraction of sp³-hybridized carbons (Fsp3) is 0.545. The predicted molar refractivity (Wildman–Crippen MR) is 108 cm³/mol. The average molecular weight is 367 g/mol. The number of nitrogens with zero attached hydrogens (tertiary/aromatic N) is 2. The van der Waals surface area contributed by atoms with Gasteiger partial charge in [0.25, 0.3) is 0 Å². The number of allylic oxidation sites excluding steroid dienone is 2. The molecule has 0 bridgehead atoms. The van der Waals surface area contributed by atoms with Gasteiger partial charge in [-0.3, -0.25) is 9.36 Å². The standard InChI is InChI=1S/C22H29N3O2/c1-14(2)13-16-19(22(16,3)4)20(26)24-11-9-15(10-12-24)25-18-8-6-5-7-17(18)23-21(25)27/h5-8,13,15-16,19H,9-12H2,1-4H3,(H,23,27)/t16-,19+/m0/s1. The minimum Gasteiger partial charge on any atom is -0.342 e. The number of piperidine rings is 1. The number of hydrogen-bond donors (Lipinski definition) is 1. The first kappa shape index (κ1) is 18.1. The third kappa shape index (κ3) is 3.03. The fourth-order valence-electron chi connectivity index (χ4n) is 4.80. The molecule has 4 rings (SSSR count). The van der Waals surface area contributed by atoms with Crippen molar-refractivity contribution in [3.63, 3.8) is 0 Å². The number of amides is 1. The van der Waals surface area contributed by atoms with Crippen LogP contribution in [0.4, 0.5) is 0 Å². The van der Waals surface area contributed by atoms with Gasteiger partial charge in [0.1, 0.15) is 0 Å². The number of likely N-dealkylation sites (tertiary alicyclic amines) is 1. The summed E-state index contributed by atoms with van der Waals surface area (Å²) in [6, 6.07) is 7.97. The predicted octanol–water partition coefficient (Wildman–Crippen LogP) is 3.73. The Morgan fingerprint density at radius 1 is 1.19 bits per heavy atom. The molecule has 27 heavy (non-hydrogen) atoms. The van der Waals surface area contributed by atoms with E-state index in [1.807, 2.05) is 33.7 Å². The molecule has 2 aromatic rings. The first-order chi connectivity index (χ1) is 12.8. The molecule has 1 N–H and O–H groups in total. The molecule has 5 heteroatoms. The zero-order valence-corrected chi connectivity index (χ0v) is 16.7. The number of carbonyl (C=O) groups excluding carboxylic acids is 1. The first-order valence-corrected chi connectivity index (χ1v) is 9.93. The second-order valence-electron chi connectivity index (χ2n) is 8.94. The van der Waals surface area contributed by atoms with Crippen LogP contribution in [0, 0.1) is 17.3 Å². The number of benzene rings is 1. The monoisotopic (exact) mass is 367 g/mol. The molecule has 2 aliphatic rings. The second-order valence-corrected chi connectivity index (χ2v) is 8.94. The average Bonchev–Trinajstić information content (AvgIpc) is 2.98. The lowest BCUT2D eigenvalue weighted by atomic mass is 10.0. The van der Waals surface area contributed by atoms with Crippen molar-refractivity contribution in [3.8, 4) is 0 Å². The topological polar surface area (TPSA) is 58.1 Å². The van der Waals surface area contributed by atoms with Gasteiger partial charge in [0, 0.05) is 19.1 Å². The molecule has 2 fully saturated rings. The van der Waals surface area contributed by atoms with Gasteiger partial charge in [-0.2, -0.15) is 0 Å². The number of aromatic nitrogens is 2. The Morgan fingerprint density at radius 2 is 1.85 bits per heavy atom. The lowest BCUT2D eigenvalue weighted by Crippen LogP contribution is -2.41. The Balaban J connectivity index is 1.47. The highest BCUT2D eigenvalue weighted by molar-refractivity contribution is 5.84. The molecule has 0 spiro atoms. The molecule has 1 amide bonds. The first-order valence-electron chi connectivity index (χ1n) is 9.93. The SMILES string of the molecule is CC(C)=C[C@H]1[C@H](C(=O)N2CCC(n3c(=O)[nH]c4ccccc43)CC2)C1(C)C. The van der Waals surface area contributed by atoms with Crippen molar-refractivity contribution in [2.75, 3.05) is 13.1 Å². The summed E-state index contributed by atoms with van der Waals surface area (Å²) < 4.78 is 1.88. The second kappa shape index (κ2) is 6.39. The Kier molecular flexibility index (Phi) is 4.28. The lowest BCUT2D eigenvalue weighted by molar-refractivity contribution is -0.134. The van der Waals surface area contributed by atoms with Crippen molar-refractivity contribution in [1.82, 2.24) is 14.5 Å². The van der Waals surface area contributed by atoms with Crippen LogP contribution in [0.15, 0.2) is 40.7 Å². The highest BCUT2D eigenvalue weighted by Gasteiger charge is 2.61. The third-order valence-corrected chi connectivity index (χ3v) is 6.45. The molecule has 1 aliphatic carbocycles. The summed E-state index contributed by atoms with van der Waals surface area (Å²) in [7, 11) is 0.